The van der Waals surface area contributed by atoms with Gasteiger partial charge in [0.1, 0.15) is 5.82 Å². The van der Waals surface area contributed by atoms with Gasteiger partial charge >= 0.3 is 0 Å². The van der Waals surface area contributed by atoms with Gasteiger partial charge in [0, 0.05) is 6.04 Å². The molecule has 1 atom stereocenters. The Bertz CT molecular complexity index is 376. The number of nitrogens with one attached hydrogen (secondary N) is 1. The van der Waals surface area contributed by atoms with E-state index in [0.29, 0.717) is 0 Å². The van der Waals surface area contributed by atoms with Gasteiger partial charge in [-0.15, -0.1) is 0 Å². The van der Waals surface area contributed by atoms with Gasteiger partial charge in [-0.05, 0) is 37.6 Å². The number of benzene rings is 1. The Morgan fingerprint density at radius 2 is 2.25 bits per heavy atom. The molecular formula is C13H17ClFN. The highest BCUT2D eigenvalue weighted by atomic mass is 35.5. The van der Waals surface area contributed by atoms with E-state index in [1.165, 1.54) is 11.6 Å². The summed E-state index contributed by atoms with van der Waals surface area (Å²) in [5.41, 5.74) is 2.16. The van der Waals surface area contributed by atoms with Gasteiger partial charge in [0.2, 0.25) is 0 Å². The standard InChI is InChI=1S/C13H17ClFN/c1-4-9(2)7-13(16-3)10-5-6-12(15)11(14)8-10/h5-6,8,13,16H,2,4,7H2,1,3H3. The molecule has 0 aromatic heterocycles. The Kier molecular flexibility index (Phi) is 4.97. The topological polar surface area (TPSA) is 12.0 Å². The summed E-state index contributed by atoms with van der Waals surface area (Å²) in [6, 6.07) is 4.97. The lowest BCUT2D eigenvalue weighted by atomic mass is 9.98. The maximum atomic E-state index is 13.0. The minimum absolute atomic E-state index is 0.144. The van der Waals surface area contributed by atoms with Crippen LogP contribution < -0.4 is 5.32 Å². The Balaban J connectivity index is 2.86. The molecule has 0 spiro atoms. The summed E-state index contributed by atoms with van der Waals surface area (Å²) in [6.45, 7) is 6.06. The lowest BCUT2D eigenvalue weighted by Gasteiger charge is -2.17. The monoisotopic (exact) mass is 241 g/mol. The predicted octanol–water partition coefficient (Wildman–Crippen LogP) is 4.10. The van der Waals surface area contributed by atoms with Crippen molar-refractivity contribution in [3.05, 3.63) is 46.8 Å². The summed E-state index contributed by atoms with van der Waals surface area (Å²) in [5.74, 6) is -0.380. The zero-order chi connectivity index (χ0) is 12.1. The van der Waals surface area contributed by atoms with E-state index in [0.717, 1.165) is 18.4 Å². The number of halogens is 2. The minimum atomic E-state index is -0.380. The quantitative estimate of drug-likeness (QED) is 0.766. The molecular weight excluding hydrogens is 225 g/mol. The van der Waals surface area contributed by atoms with Crippen molar-refractivity contribution in [1.29, 1.82) is 0 Å². The highest BCUT2D eigenvalue weighted by Crippen LogP contribution is 2.25. The molecule has 16 heavy (non-hydrogen) atoms. The summed E-state index contributed by atoms with van der Waals surface area (Å²) < 4.78 is 13.0. The smallest absolute Gasteiger partial charge is 0.141 e. The lowest BCUT2D eigenvalue weighted by Crippen LogP contribution is -2.16. The Morgan fingerprint density at radius 3 is 2.75 bits per heavy atom. The van der Waals surface area contributed by atoms with Gasteiger partial charge in [-0.2, -0.15) is 0 Å². The van der Waals surface area contributed by atoms with Crippen LogP contribution in [0.3, 0.4) is 0 Å². The molecule has 1 nitrogen and oxygen atoms in total. The van der Waals surface area contributed by atoms with Crippen molar-refractivity contribution in [2.75, 3.05) is 7.05 Å². The van der Waals surface area contributed by atoms with Crippen molar-refractivity contribution in [2.24, 2.45) is 0 Å². The molecule has 3 heteroatoms. The molecule has 88 valence electrons. The van der Waals surface area contributed by atoms with E-state index < -0.39 is 0 Å². The molecule has 0 amide bonds. The molecule has 0 aliphatic carbocycles. The molecule has 0 aliphatic heterocycles. The largest absolute Gasteiger partial charge is 0.313 e. The summed E-state index contributed by atoms with van der Waals surface area (Å²) in [4.78, 5) is 0. The van der Waals surface area contributed by atoms with E-state index in [4.69, 9.17) is 11.6 Å². The zero-order valence-corrected chi connectivity index (χ0v) is 10.4. The Labute approximate surface area is 101 Å². The van der Waals surface area contributed by atoms with Crippen molar-refractivity contribution >= 4 is 11.6 Å². The van der Waals surface area contributed by atoms with Gasteiger partial charge in [-0.25, -0.2) is 4.39 Å². The molecule has 1 rings (SSSR count). The van der Waals surface area contributed by atoms with Gasteiger partial charge in [0.15, 0.2) is 0 Å². The zero-order valence-electron chi connectivity index (χ0n) is 9.69. The molecule has 0 aliphatic rings. The number of hydrogen-bond acceptors (Lipinski definition) is 1. The first-order chi connectivity index (χ1) is 7.58. The van der Waals surface area contributed by atoms with E-state index in [-0.39, 0.29) is 16.9 Å². The Morgan fingerprint density at radius 1 is 1.56 bits per heavy atom. The second kappa shape index (κ2) is 6.02. The second-order valence-electron chi connectivity index (χ2n) is 3.82. The average Bonchev–Trinajstić information content (AvgIpc) is 2.29. The van der Waals surface area contributed by atoms with Crippen molar-refractivity contribution in [2.45, 2.75) is 25.8 Å². The fourth-order valence-corrected chi connectivity index (χ4v) is 1.74. The number of rotatable bonds is 5. The van der Waals surface area contributed by atoms with Gasteiger partial charge in [0.05, 0.1) is 5.02 Å². The lowest BCUT2D eigenvalue weighted by molar-refractivity contribution is 0.578. The van der Waals surface area contributed by atoms with E-state index in [9.17, 15) is 4.39 Å². The van der Waals surface area contributed by atoms with Crippen LogP contribution in [0.15, 0.2) is 30.4 Å². The van der Waals surface area contributed by atoms with Crippen LogP contribution in [0, 0.1) is 5.82 Å². The summed E-state index contributed by atoms with van der Waals surface area (Å²) >= 11 is 5.76. The van der Waals surface area contributed by atoms with E-state index in [2.05, 4.69) is 18.8 Å². The third-order valence-electron chi connectivity index (χ3n) is 2.69. The fraction of sp³-hybridized carbons (Fsp3) is 0.385. The molecule has 0 radical (unpaired) electrons. The van der Waals surface area contributed by atoms with Crippen LogP contribution in [0.1, 0.15) is 31.4 Å². The van der Waals surface area contributed by atoms with Crippen molar-refractivity contribution < 1.29 is 4.39 Å². The fourth-order valence-electron chi connectivity index (χ4n) is 1.55. The van der Waals surface area contributed by atoms with Crippen LogP contribution in [0.4, 0.5) is 4.39 Å². The first-order valence-electron chi connectivity index (χ1n) is 5.37. The first-order valence-corrected chi connectivity index (χ1v) is 5.75. The average molecular weight is 242 g/mol. The maximum absolute atomic E-state index is 13.0. The van der Waals surface area contributed by atoms with Crippen molar-refractivity contribution in [3.8, 4) is 0 Å². The summed E-state index contributed by atoms with van der Waals surface area (Å²) in [5, 5.41) is 3.35. The van der Waals surface area contributed by atoms with Crippen molar-refractivity contribution in [1.82, 2.24) is 5.32 Å². The summed E-state index contributed by atoms with van der Waals surface area (Å²) in [6.07, 6.45) is 1.79. The molecule has 0 saturated heterocycles. The van der Waals surface area contributed by atoms with Crippen LogP contribution >= 0.6 is 11.6 Å². The maximum Gasteiger partial charge on any atom is 0.141 e. The highest BCUT2D eigenvalue weighted by Gasteiger charge is 2.11. The van der Waals surface area contributed by atoms with E-state index >= 15 is 0 Å². The van der Waals surface area contributed by atoms with Crippen LogP contribution in [0.5, 0.6) is 0 Å². The molecule has 0 bridgehead atoms. The van der Waals surface area contributed by atoms with Crippen LogP contribution in [0.25, 0.3) is 0 Å². The van der Waals surface area contributed by atoms with Crippen LogP contribution in [0.2, 0.25) is 5.02 Å². The molecule has 0 heterocycles. The molecule has 1 aromatic rings. The highest BCUT2D eigenvalue weighted by molar-refractivity contribution is 6.30. The van der Waals surface area contributed by atoms with Gasteiger partial charge in [-0.3, -0.25) is 0 Å². The molecule has 1 unspecified atom stereocenters. The number of hydrogen-bond donors (Lipinski definition) is 1. The second-order valence-corrected chi connectivity index (χ2v) is 4.23. The van der Waals surface area contributed by atoms with Crippen LogP contribution in [-0.2, 0) is 0 Å². The minimum Gasteiger partial charge on any atom is -0.313 e. The van der Waals surface area contributed by atoms with Crippen LogP contribution in [-0.4, -0.2) is 7.05 Å². The molecule has 0 fully saturated rings. The summed E-state index contributed by atoms with van der Waals surface area (Å²) in [7, 11) is 1.88. The molecule has 1 N–H and O–H groups in total. The normalized spacial score (nSPS) is 12.5. The van der Waals surface area contributed by atoms with Gasteiger partial charge in [-0.1, -0.05) is 36.7 Å². The van der Waals surface area contributed by atoms with Crippen molar-refractivity contribution in [3.63, 3.8) is 0 Å². The van der Waals surface area contributed by atoms with Gasteiger partial charge in [0.25, 0.3) is 0 Å². The SMILES string of the molecule is C=C(CC)CC(NC)c1ccc(F)c(Cl)c1. The third kappa shape index (κ3) is 3.32. The first kappa shape index (κ1) is 13.2. The third-order valence-corrected chi connectivity index (χ3v) is 2.98. The van der Waals surface area contributed by atoms with E-state index in [1.54, 1.807) is 12.1 Å². The molecule has 1 aromatic carbocycles. The molecule has 0 saturated carbocycles. The van der Waals surface area contributed by atoms with Gasteiger partial charge < -0.3 is 5.32 Å². The Hall–Kier alpha value is -0.860. The van der Waals surface area contributed by atoms with E-state index in [1.807, 2.05) is 7.05 Å². The predicted molar refractivity (Wildman–Crippen MR) is 67.3 cm³/mol.